The summed E-state index contributed by atoms with van der Waals surface area (Å²) in [5.41, 5.74) is 1.11. The zero-order chi connectivity index (χ0) is 21.1. The van der Waals surface area contributed by atoms with Gasteiger partial charge in [0.25, 0.3) is 16.7 Å². The van der Waals surface area contributed by atoms with Gasteiger partial charge in [-0.3, -0.25) is 4.79 Å². The number of nitrogens with one attached hydrogen (secondary N) is 1. The van der Waals surface area contributed by atoms with Crippen molar-refractivity contribution in [3.8, 4) is 17.2 Å². The number of aromatic amines is 1. The van der Waals surface area contributed by atoms with E-state index in [2.05, 4.69) is 20.2 Å². The first-order valence-corrected chi connectivity index (χ1v) is 9.78. The minimum Gasteiger partial charge on any atom is -0.496 e. The van der Waals surface area contributed by atoms with Gasteiger partial charge in [-0.25, -0.2) is 9.78 Å². The average molecular weight is 424 g/mol. The van der Waals surface area contributed by atoms with Crippen LogP contribution in [0.5, 0.6) is 5.75 Å². The highest BCUT2D eigenvalue weighted by atomic mass is 32.2. The van der Waals surface area contributed by atoms with Crippen LogP contribution in [0.4, 0.5) is 0 Å². The van der Waals surface area contributed by atoms with Crippen molar-refractivity contribution in [3.63, 3.8) is 0 Å². The Morgan fingerprint density at radius 3 is 2.80 bits per heavy atom. The van der Waals surface area contributed by atoms with Crippen molar-refractivity contribution >= 4 is 28.6 Å². The molecule has 0 aliphatic rings. The van der Waals surface area contributed by atoms with E-state index in [9.17, 15) is 9.59 Å². The van der Waals surface area contributed by atoms with Gasteiger partial charge in [-0.1, -0.05) is 23.9 Å². The highest BCUT2D eigenvalue weighted by Crippen LogP contribution is 2.31. The predicted molar refractivity (Wildman–Crippen MR) is 110 cm³/mol. The van der Waals surface area contributed by atoms with Crippen LogP contribution in [-0.4, -0.2) is 40.4 Å². The van der Waals surface area contributed by atoms with Crippen LogP contribution in [0, 0.1) is 0 Å². The number of methoxy groups -OCH3 is 2. The van der Waals surface area contributed by atoms with E-state index in [0.29, 0.717) is 50.5 Å². The molecule has 0 radical (unpaired) electrons. The zero-order valence-corrected chi connectivity index (χ0v) is 16.9. The molecule has 0 spiro atoms. The highest BCUT2D eigenvalue weighted by molar-refractivity contribution is 7.98. The Balaban J connectivity index is 1.56. The van der Waals surface area contributed by atoms with E-state index in [4.69, 9.17) is 13.9 Å². The fourth-order valence-corrected chi connectivity index (χ4v) is 3.46. The monoisotopic (exact) mass is 424 g/mol. The summed E-state index contributed by atoms with van der Waals surface area (Å²) < 4.78 is 15.7. The number of hydrogen-bond donors (Lipinski definition) is 1. The van der Waals surface area contributed by atoms with Gasteiger partial charge in [0.1, 0.15) is 11.6 Å². The summed E-state index contributed by atoms with van der Waals surface area (Å²) in [4.78, 5) is 31.2. The third-order valence-corrected chi connectivity index (χ3v) is 5.08. The summed E-state index contributed by atoms with van der Waals surface area (Å²) in [5, 5.41) is 8.78. The Morgan fingerprint density at radius 1 is 1.17 bits per heavy atom. The van der Waals surface area contributed by atoms with Gasteiger partial charge in [0, 0.05) is 0 Å². The van der Waals surface area contributed by atoms with Crippen molar-refractivity contribution in [1.29, 1.82) is 0 Å². The van der Waals surface area contributed by atoms with Crippen molar-refractivity contribution in [3.05, 3.63) is 64.2 Å². The Kier molecular flexibility index (Phi) is 5.48. The first kappa shape index (κ1) is 19.6. The molecule has 0 amide bonds. The molecule has 0 atom stereocenters. The van der Waals surface area contributed by atoms with Gasteiger partial charge in [-0.2, -0.15) is 0 Å². The molecule has 0 saturated carbocycles. The Hall–Kier alpha value is -3.66. The van der Waals surface area contributed by atoms with Gasteiger partial charge in [0.2, 0.25) is 0 Å². The summed E-state index contributed by atoms with van der Waals surface area (Å²) in [6, 6.07) is 11.9. The number of benzene rings is 2. The van der Waals surface area contributed by atoms with Crippen molar-refractivity contribution < 1.29 is 18.7 Å². The molecule has 152 valence electrons. The van der Waals surface area contributed by atoms with E-state index in [-0.39, 0.29) is 5.56 Å². The zero-order valence-electron chi connectivity index (χ0n) is 16.0. The average Bonchev–Trinajstić information content (AvgIpc) is 3.25. The molecule has 30 heavy (non-hydrogen) atoms. The molecule has 0 unspecified atom stereocenters. The van der Waals surface area contributed by atoms with Gasteiger partial charge in [-0.15, -0.1) is 10.2 Å². The van der Waals surface area contributed by atoms with Crippen molar-refractivity contribution in [2.45, 2.75) is 11.0 Å². The number of esters is 1. The summed E-state index contributed by atoms with van der Waals surface area (Å²) in [5.74, 6) is 1.17. The summed E-state index contributed by atoms with van der Waals surface area (Å²) in [6.07, 6.45) is 0. The molecule has 2 aromatic carbocycles. The van der Waals surface area contributed by atoms with Crippen LogP contribution in [0.3, 0.4) is 0 Å². The topological polar surface area (TPSA) is 120 Å². The summed E-state index contributed by atoms with van der Waals surface area (Å²) in [7, 11) is 2.86. The number of rotatable bonds is 6. The lowest BCUT2D eigenvalue weighted by atomic mass is 10.1. The van der Waals surface area contributed by atoms with Crippen LogP contribution in [-0.2, 0) is 10.5 Å². The van der Waals surface area contributed by atoms with E-state index in [1.54, 1.807) is 19.2 Å². The second-order valence-corrected chi connectivity index (χ2v) is 7.02. The largest absolute Gasteiger partial charge is 0.496 e. The Bertz CT molecular complexity index is 1280. The lowest BCUT2D eigenvalue weighted by molar-refractivity contribution is 0.0601. The second-order valence-electron chi connectivity index (χ2n) is 6.10. The molecule has 0 fully saturated rings. The van der Waals surface area contributed by atoms with E-state index >= 15 is 0 Å². The van der Waals surface area contributed by atoms with Crippen LogP contribution in [0.25, 0.3) is 22.4 Å². The van der Waals surface area contributed by atoms with Crippen LogP contribution in [0.2, 0.25) is 0 Å². The number of H-pyrrole nitrogens is 1. The maximum absolute atomic E-state index is 12.3. The standard InChI is InChI=1S/C20H16N4O5S/c1-27-15-6-4-3-5-13(15)18-23-24-20(29-18)30-10-16-21-14-9-11(19(26)28-2)7-8-12(14)17(25)22-16/h3-9H,10H2,1-2H3,(H,21,22,25). The molecule has 0 aliphatic heterocycles. The molecule has 4 aromatic rings. The minimum absolute atomic E-state index is 0.293. The van der Waals surface area contributed by atoms with Crippen molar-refractivity contribution in [1.82, 2.24) is 20.2 Å². The van der Waals surface area contributed by atoms with Gasteiger partial charge in [0.05, 0.1) is 42.0 Å². The number of thioether (sulfide) groups is 1. The van der Waals surface area contributed by atoms with Crippen LogP contribution < -0.4 is 10.3 Å². The molecule has 0 aliphatic carbocycles. The first-order valence-electron chi connectivity index (χ1n) is 8.80. The molecule has 0 saturated heterocycles. The maximum atomic E-state index is 12.3. The SMILES string of the molecule is COC(=O)c1ccc2c(=O)[nH]c(CSc3nnc(-c4ccccc4OC)o3)nc2c1. The van der Waals surface area contributed by atoms with E-state index in [1.807, 2.05) is 18.2 Å². The van der Waals surface area contributed by atoms with Gasteiger partial charge >= 0.3 is 5.97 Å². The number of hydrogen-bond acceptors (Lipinski definition) is 9. The molecular weight excluding hydrogens is 408 g/mol. The quantitative estimate of drug-likeness (QED) is 0.368. The molecule has 2 heterocycles. The van der Waals surface area contributed by atoms with Crippen molar-refractivity contribution in [2.75, 3.05) is 14.2 Å². The summed E-state index contributed by atoms with van der Waals surface area (Å²) >= 11 is 1.23. The lowest BCUT2D eigenvalue weighted by Crippen LogP contribution is -2.12. The minimum atomic E-state index is -0.496. The predicted octanol–water partition coefficient (Wildman–Crippen LogP) is 3.06. The number of ether oxygens (including phenoxy) is 2. The smallest absolute Gasteiger partial charge is 0.337 e. The number of carbonyl (C=O) groups is 1. The molecule has 1 N–H and O–H groups in total. The Labute approximate surface area is 174 Å². The number of nitrogens with zero attached hydrogens (tertiary/aromatic N) is 3. The fourth-order valence-electron chi connectivity index (χ4n) is 2.83. The van der Waals surface area contributed by atoms with E-state index in [0.717, 1.165) is 0 Å². The van der Waals surface area contributed by atoms with Crippen LogP contribution in [0.1, 0.15) is 16.2 Å². The second kappa shape index (κ2) is 8.37. The lowest BCUT2D eigenvalue weighted by Gasteiger charge is -2.04. The number of carbonyl (C=O) groups excluding carboxylic acids is 1. The molecule has 9 nitrogen and oxygen atoms in total. The molecule has 4 rings (SSSR count). The third-order valence-electron chi connectivity index (χ3n) is 4.25. The van der Waals surface area contributed by atoms with Gasteiger partial charge < -0.3 is 18.9 Å². The van der Waals surface area contributed by atoms with E-state index < -0.39 is 5.97 Å². The highest BCUT2D eigenvalue weighted by Gasteiger charge is 2.14. The van der Waals surface area contributed by atoms with Crippen LogP contribution >= 0.6 is 11.8 Å². The Morgan fingerprint density at radius 2 is 2.00 bits per heavy atom. The number of para-hydroxylation sites is 1. The molecule has 0 bridgehead atoms. The molecular formula is C20H16N4O5S. The fraction of sp³-hybridized carbons (Fsp3) is 0.150. The van der Waals surface area contributed by atoms with Gasteiger partial charge in [-0.05, 0) is 30.3 Å². The molecule has 10 heteroatoms. The number of fused-ring (bicyclic) bond motifs is 1. The number of aromatic nitrogens is 4. The van der Waals surface area contributed by atoms with Gasteiger partial charge in [0.15, 0.2) is 0 Å². The normalized spacial score (nSPS) is 10.9. The maximum Gasteiger partial charge on any atom is 0.337 e. The third kappa shape index (κ3) is 3.90. The van der Waals surface area contributed by atoms with Crippen molar-refractivity contribution in [2.24, 2.45) is 0 Å². The van der Waals surface area contributed by atoms with E-state index in [1.165, 1.54) is 31.0 Å². The summed E-state index contributed by atoms with van der Waals surface area (Å²) in [6.45, 7) is 0. The first-order chi connectivity index (χ1) is 14.6. The molecule has 2 aromatic heterocycles. The van der Waals surface area contributed by atoms with Crippen LogP contribution in [0.15, 0.2) is 56.9 Å².